The van der Waals surface area contributed by atoms with E-state index < -0.39 is 24.2 Å². The Bertz CT molecular complexity index is 1080. The van der Waals surface area contributed by atoms with Gasteiger partial charge in [0.15, 0.2) is 0 Å². The van der Waals surface area contributed by atoms with Gasteiger partial charge < -0.3 is 21.3 Å². The first-order valence-corrected chi connectivity index (χ1v) is 15.0. The van der Waals surface area contributed by atoms with Gasteiger partial charge in [-0.1, -0.05) is 64.0 Å². The summed E-state index contributed by atoms with van der Waals surface area (Å²) in [5, 5.41) is 25.7. The van der Waals surface area contributed by atoms with Gasteiger partial charge in [0.05, 0.1) is 24.8 Å². The van der Waals surface area contributed by atoms with Crippen molar-refractivity contribution in [3.05, 3.63) is 35.4 Å². The van der Waals surface area contributed by atoms with Gasteiger partial charge >= 0.3 is 0 Å². The molecule has 4 aliphatic carbocycles. The van der Waals surface area contributed by atoms with Crippen LogP contribution in [0.4, 0.5) is 0 Å². The summed E-state index contributed by atoms with van der Waals surface area (Å²) >= 11 is 0. The van der Waals surface area contributed by atoms with Crippen molar-refractivity contribution in [2.24, 2.45) is 34.8 Å². The SMILES string of the molecule is C[C@@H]1[C@@H](NC(=O)[C@@H]2C([C@H](C)O)[C@H](CO)ON2Cc2ccc(C#CC3(N)CCCCC3)cc2)C[C@H]2C[C@@H]1C2(C)C. The topological polar surface area (TPSA) is 108 Å². The van der Waals surface area contributed by atoms with Gasteiger partial charge in [0, 0.05) is 17.5 Å². The second kappa shape index (κ2) is 11.1. The minimum absolute atomic E-state index is 0.117. The maximum absolute atomic E-state index is 13.8. The van der Waals surface area contributed by atoms with Crippen LogP contribution in [0.15, 0.2) is 24.3 Å². The average molecular weight is 538 g/mol. The molecular weight excluding hydrogens is 490 g/mol. The molecule has 1 aliphatic heterocycles. The third-order valence-corrected chi connectivity index (χ3v) is 10.6. The van der Waals surface area contributed by atoms with E-state index in [1.54, 1.807) is 12.0 Å². The van der Waals surface area contributed by atoms with Crippen LogP contribution >= 0.6 is 0 Å². The van der Waals surface area contributed by atoms with Gasteiger partial charge in [0.25, 0.3) is 0 Å². The largest absolute Gasteiger partial charge is 0.394 e. The normalized spacial score (nSPS) is 35.8. The maximum Gasteiger partial charge on any atom is 0.240 e. The molecule has 0 spiro atoms. The quantitative estimate of drug-likeness (QED) is 0.415. The first-order valence-electron chi connectivity index (χ1n) is 15.0. The highest BCUT2D eigenvalue weighted by atomic mass is 16.7. The second-order valence-corrected chi connectivity index (χ2v) is 13.4. The molecule has 8 atom stereocenters. The van der Waals surface area contributed by atoms with Crippen molar-refractivity contribution >= 4 is 5.91 Å². The van der Waals surface area contributed by atoms with E-state index in [0.717, 1.165) is 43.2 Å². The van der Waals surface area contributed by atoms with Gasteiger partial charge in [-0.2, -0.15) is 5.06 Å². The Morgan fingerprint density at radius 1 is 1.21 bits per heavy atom. The van der Waals surface area contributed by atoms with Crippen molar-refractivity contribution in [1.29, 1.82) is 0 Å². The highest BCUT2D eigenvalue weighted by molar-refractivity contribution is 5.82. The van der Waals surface area contributed by atoms with E-state index in [9.17, 15) is 15.0 Å². The molecule has 6 rings (SSSR count). The number of rotatable bonds is 6. The Morgan fingerprint density at radius 2 is 1.90 bits per heavy atom. The minimum atomic E-state index is -0.806. The number of hydroxylamine groups is 2. The number of hydrogen-bond donors (Lipinski definition) is 4. The number of carbonyl (C=O) groups is 1. The number of carbonyl (C=O) groups excluding carboxylic acids is 1. The summed E-state index contributed by atoms with van der Waals surface area (Å²) in [6.07, 6.45) is 6.18. The Kier molecular flexibility index (Phi) is 8.16. The van der Waals surface area contributed by atoms with E-state index in [2.05, 4.69) is 37.9 Å². The highest BCUT2D eigenvalue weighted by Gasteiger charge is 2.57. The van der Waals surface area contributed by atoms with E-state index in [-0.39, 0.29) is 24.1 Å². The minimum Gasteiger partial charge on any atom is -0.394 e. The van der Waals surface area contributed by atoms with Crippen molar-refractivity contribution in [1.82, 2.24) is 10.4 Å². The second-order valence-electron chi connectivity index (χ2n) is 13.4. The van der Waals surface area contributed by atoms with Crippen LogP contribution in [0.3, 0.4) is 0 Å². The van der Waals surface area contributed by atoms with E-state index in [4.69, 9.17) is 10.6 Å². The average Bonchev–Trinajstić information content (AvgIpc) is 3.28. The fourth-order valence-corrected chi connectivity index (χ4v) is 7.86. The number of nitrogens with two attached hydrogens (primary N) is 1. The molecule has 4 saturated carbocycles. The fourth-order valence-electron chi connectivity index (χ4n) is 7.86. The van der Waals surface area contributed by atoms with Gasteiger partial charge in [0.2, 0.25) is 5.91 Å². The fraction of sp³-hybridized carbons (Fsp3) is 0.719. The number of hydrogen-bond acceptors (Lipinski definition) is 6. The van der Waals surface area contributed by atoms with Crippen molar-refractivity contribution in [3.63, 3.8) is 0 Å². The van der Waals surface area contributed by atoms with Crippen LogP contribution in [-0.4, -0.2) is 57.6 Å². The first-order chi connectivity index (χ1) is 18.5. The zero-order valence-electron chi connectivity index (χ0n) is 24.0. The third-order valence-electron chi connectivity index (χ3n) is 10.6. The molecule has 1 aromatic rings. The van der Waals surface area contributed by atoms with Gasteiger partial charge in [0.1, 0.15) is 12.1 Å². The lowest BCUT2D eigenvalue weighted by Gasteiger charge is -2.62. The van der Waals surface area contributed by atoms with E-state index in [1.165, 1.54) is 12.8 Å². The van der Waals surface area contributed by atoms with Crippen LogP contribution in [0.2, 0.25) is 0 Å². The molecule has 2 bridgehead atoms. The van der Waals surface area contributed by atoms with Gasteiger partial charge in [-0.3, -0.25) is 9.63 Å². The number of amides is 1. The van der Waals surface area contributed by atoms with E-state index >= 15 is 0 Å². The number of aliphatic hydroxyl groups is 2. The first kappa shape index (κ1) is 28.6. The summed E-state index contributed by atoms with van der Waals surface area (Å²) in [4.78, 5) is 19.9. The Labute approximate surface area is 233 Å². The molecule has 1 aromatic carbocycles. The zero-order valence-corrected chi connectivity index (χ0v) is 24.0. The standard InChI is InChI=1S/C32H47N3O4/c1-20-25-16-24(31(25,3)4)17-26(20)34-30(38)29-28(21(2)37)27(19-36)39-35(29)18-23-10-8-22(9-11-23)12-15-32(33)13-6-5-7-14-32/h8-11,20-21,24-29,36-37H,5-7,13-14,16-19,33H2,1-4H3,(H,34,38)/t20-,21-,24+,25-,26-,27-,28?,29-/m0/s1. The van der Waals surface area contributed by atoms with Crippen LogP contribution in [0.25, 0.3) is 0 Å². The number of fused-ring (bicyclic) bond motifs is 2. The van der Waals surface area contributed by atoms with Crippen molar-refractivity contribution in [2.45, 2.75) is 109 Å². The van der Waals surface area contributed by atoms with Crippen LogP contribution in [0.1, 0.15) is 83.8 Å². The highest BCUT2D eigenvalue weighted by Crippen LogP contribution is 2.61. The molecular formula is C32H47N3O4. The Morgan fingerprint density at radius 3 is 2.49 bits per heavy atom. The lowest BCUT2D eigenvalue weighted by atomic mass is 9.45. The lowest BCUT2D eigenvalue weighted by Crippen LogP contribution is -2.62. The zero-order chi connectivity index (χ0) is 27.9. The molecule has 1 amide bonds. The molecule has 5 N–H and O–H groups in total. The number of aliphatic hydroxyl groups excluding tert-OH is 2. The number of nitrogens with one attached hydrogen (secondary N) is 1. The molecule has 7 nitrogen and oxygen atoms in total. The smallest absolute Gasteiger partial charge is 0.240 e. The van der Waals surface area contributed by atoms with E-state index in [0.29, 0.717) is 29.7 Å². The number of nitrogens with zero attached hydrogens (tertiary/aromatic N) is 1. The van der Waals surface area contributed by atoms with Crippen LogP contribution in [0.5, 0.6) is 0 Å². The summed E-state index contributed by atoms with van der Waals surface area (Å²) in [7, 11) is 0. The van der Waals surface area contributed by atoms with Crippen molar-refractivity contribution in [2.75, 3.05) is 6.61 Å². The van der Waals surface area contributed by atoms with Gasteiger partial charge in [-0.05, 0) is 73.5 Å². The molecule has 7 heteroatoms. The lowest BCUT2D eigenvalue weighted by molar-refractivity contribution is -0.183. The molecule has 0 radical (unpaired) electrons. The molecule has 39 heavy (non-hydrogen) atoms. The molecule has 1 unspecified atom stereocenters. The predicted molar refractivity (Wildman–Crippen MR) is 151 cm³/mol. The maximum atomic E-state index is 13.8. The molecule has 5 fully saturated rings. The van der Waals surface area contributed by atoms with Crippen molar-refractivity contribution < 1.29 is 19.8 Å². The Balaban J connectivity index is 1.29. The molecule has 1 saturated heterocycles. The van der Waals surface area contributed by atoms with Gasteiger partial charge in [-0.15, -0.1) is 0 Å². The molecule has 1 heterocycles. The third kappa shape index (κ3) is 5.64. The number of benzene rings is 1. The van der Waals surface area contributed by atoms with Crippen LogP contribution < -0.4 is 11.1 Å². The monoisotopic (exact) mass is 537 g/mol. The summed E-state index contributed by atoms with van der Waals surface area (Å²) in [5.74, 6) is 7.54. The molecule has 5 aliphatic rings. The van der Waals surface area contributed by atoms with Crippen LogP contribution in [-0.2, 0) is 16.2 Å². The van der Waals surface area contributed by atoms with Crippen molar-refractivity contribution in [3.8, 4) is 11.8 Å². The van der Waals surface area contributed by atoms with Crippen LogP contribution in [0, 0.1) is 40.9 Å². The summed E-state index contributed by atoms with van der Waals surface area (Å²) < 4.78 is 0. The van der Waals surface area contributed by atoms with E-state index in [1.807, 2.05) is 24.3 Å². The molecule has 0 aromatic heterocycles. The summed E-state index contributed by atoms with van der Waals surface area (Å²) in [6.45, 7) is 8.73. The molecule has 214 valence electrons. The van der Waals surface area contributed by atoms with Gasteiger partial charge in [-0.25, -0.2) is 0 Å². The predicted octanol–water partition coefficient (Wildman–Crippen LogP) is 3.36. The Hall–Kier alpha value is -1.95. The summed E-state index contributed by atoms with van der Waals surface area (Å²) in [6, 6.07) is 7.37. The summed E-state index contributed by atoms with van der Waals surface area (Å²) in [5.41, 5.74) is 8.31.